The van der Waals surface area contributed by atoms with Crippen LogP contribution in [0.1, 0.15) is 25.7 Å². The van der Waals surface area contributed by atoms with Crippen molar-refractivity contribution in [3.63, 3.8) is 0 Å². The number of halogens is 2. The SMILES string of the molecule is Cl.Cl.NNC[C@H]1CCCO1.OC[C@H]1CCCO1. The van der Waals surface area contributed by atoms with E-state index in [1.165, 1.54) is 6.42 Å². The van der Waals surface area contributed by atoms with Crippen molar-refractivity contribution in [3.05, 3.63) is 0 Å². The normalized spacial score (nSPS) is 26.5. The molecule has 0 spiro atoms. The monoisotopic (exact) mass is 290 g/mol. The minimum atomic E-state index is 0. The molecular weight excluding hydrogens is 267 g/mol. The highest BCUT2D eigenvalue weighted by Gasteiger charge is 2.13. The van der Waals surface area contributed by atoms with Gasteiger partial charge in [0, 0.05) is 19.8 Å². The second-order valence-corrected chi connectivity index (χ2v) is 3.86. The van der Waals surface area contributed by atoms with E-state index in [0.29, 0.717) is 6.10 Å². The molecule has 0 saturated carbocycles. The van der Waals surface area contributed by atoms with Gasteiger partial charge in [0.2, 0.25) is 0 Å². The van der Waals surface area contributed by atoms with E-state index < -0.39 is 0 Å². The largest absolute Gasteiger partial charge is 0.394 e. The summed E-state index contributed by atoms with van der Waals surface area (Å²) in [7, 11) is 0. The van der Waals surface area contributed by atoms with Gasteiger partial charge < -0.3 is 14.6 Å². The molecule has 2 heterocycles. The molecular formula is C10H24Cl2N2O3. The topological polar surface area (TPSA) is 76.7 Å². The maximum atomic E-state index is 8.44. The van der Waals surface area contributed by atoms with Crippen molar-refractivity contribution >= 4 is 24.8 Å². The third-order valence-electron chi connectivity index (χ3n) is 2.60. The molecule has 2 atom stereocenters. The average Bonchev–Trinajstić information content (AvgIpc) is 2.91. The van der Waals surface area contributed by atoms with Crippen LogP contribution in [0, 0.1) is 0 Å². The molecule has 5 nitrogen and oxygen atoms in total. The summed E-state index contributed by atoms with van der Waals surface area (Å²) in [6.07, 6.45) is 5.03. The predicted octanol–water partition coefficient (Wildman–Crippen LogP) is 0.630. The van der Waals surface area contributed by atoms with Crippen LogP contribution < -0.4 is 11.3 Å². The number of ether oxygens (including phenoxy) is 2. The molecule has 7 heteroatoms. The van der Waals surface area contributed by atoms with E-state index in [-0.39, 0.29) is 37.5 Å². The molecule has 0 bridgehead atoms. The van der Waals surface area contributed by atoms with Crippen molar-refractivity contribution in [3.8, 4) is 0 Å². The molecule has 2 aliphatic rings. The van der Waals surface area contributed by atoms with Crippen LogP contribution in [0.25, 0.3) is 0 Å². The lowest BCUT2D eigenvalue weighted by molar-refractivity contribution is 0.0591. The molecule has 0 aromatic rings. The number of hydrogen-bond donors (Lipinski definition) is 3. The van der Waals surface area contributed by atoms with Gasteiger partial charge in [-0.3, -0.25) is 11.3 Å². The fourth-order valence-electron chi connectivity index (χ4n) is 1.73. The van der Waals surface area contributed by atoms with E-state index in [4.69, 9.17) is 20.4 Å². The van der Waals surface area contributed by atoms with Gasteiger partial charge in [0.05, 0.1) is 18.8 Å². The fourth-order valence-corrected chi connectivity index (χ4v) is 1.73. The number of hydrogen-bond acceptors (Lipinski definition) is 5. The Labute approximate surface area is 115 Å². The van der Waals surface area contributed by atoms with E-state index in [1.807, 2.05) is 0 Å². The van der Waals surface area contributed by atoms with Gasteiger partial charge in [0.25, 0.3) is 0 Å². The van der Waals surface area contributed by atoms with Gasteiger partial charge in [-0.05, 0) is 25.7 Å². The minimum Gasteiger partial charge on any atom is -0.394 e. The Morgan fingerprint density at radius 1 is 1.06 bits per heavy atom. The van der Waals surface area contributed by atoms with Crippen molar-refractivity contribution in [1.82, 2.24) is 5.43 Å². The van der Waals surface area contributed by atoms with Crippen molar-refractivity contribution in [2.45, 2.75) is 37.9 Å². The van der Waals surface area contributed by atoms with Crippen molar-refractivity contribution in [1.29, 1.82) is 0 Å². The first-order valence-corrected chi connectivity index (χ1v) is 5.64. The molecule has 0 aromatic carbocycles. The smallest absolute Gasteiger partial charge is 0.0806 e. The van der Waals surface area contributed by atoms with Crippen molar-refractivity contribution in [2.24, 2.45) is 5.84 Å². The van der Waals surface area contributed by atoms with Crippen molar-refractivity contribution < 1.29 is 14.6 Å². The van der Waals surface area contributed by atoms with Crippen LogP contribution in [0.5, 0.6) is 0 Å². The Kier molecular flexibility index (Phi) is 14.9. The predicted molar refractivity (Wildman–Crippen MR) is 71.7 cm³/mol. The highest BCUT2D eigenvalue weighted by atomic mass is 35.5. The second kappa shape index (κ2) is 12.8. The number of nitrogens with one attached hydrogen (secondary N) is 1. The van der Waals surface area contributed by atoms with Gasteiger partial charge in [-0.25, -0.2) is 0 Å². The van der Waals surface area contributed by atoms with E-state index >= 15 is 0 Å². The molecule has 2 aliphatic heterocycles. The first-order chi connectivity index (χ1) is 7.36. The van der Waals surface area contributed by atoms with E-state index in [1.54, 1.807) is 0 Å². The van der Waals surface area contributed by atoms with E-state index in [0.717, 1.165) is 39.0 Å². The third kappa shape index (κ3) is 9.02. The summed E-state index contributed by atoms with van der Waals surface area (Å²) < 4.78 is 10.3. The highest BCUT2D eigenvalue weighted by Crippen LogP contribution is 2.10. The molecule has 0 amide bonds. The van der Waals surface area contributed by atoms with Gasteiger partial charge in [-0.1, -0.05) is 0 Å². The van der Waals surface area contributed by atoms with Crippen molar-refractivity contribution in [2.75, 3.05) is 26.4 Å². The molecule has 4 N–H and O–H groups in total. The van der Waals surface area contributed by atoms with Crippen LogP contribution >= 0.6 is 24.8 Å². The second-order valence-electron chi connectivity index (χ2n) is 3.86. The lowest BCUT2D eigenvalue weighted by Gasteiger charge is -2.05. The maximum absolute atomic E-state index is 8.44. The highest BCUT2D eigenvalue weighted by molar-refractivity contribution is 5.85. The number of hydrazine groups is 1. The molecule has 2 rings (SSSR count). The molecule has 17 heavy (non-hydrogen) atoms. The molecule has 0 unspecified atom stereocenters. The summed E-state index contributed by atoms with van der Waals surface area (Å²) in [5, 5.41) is 8.44. The Hall–Kier alpha value is 0.380. The summed E-state index contributed by atoms with van der Waals surface area (Å²) in [6.45, 7) is 2.73. The summed E-state index contributed by atoms with van der Waals surface area (Å²) in [4.78, 5) is 0. The number of rotatable bonds is 3. The molecule has 2 saturated heterocycles. The fraction of sp³-hybridized carbons (Fsp3) is 1.00. The summed E-state index contributed by atoms with van der Waals surface area (Å²) in [5.74, 6) is 5.08. The zero-order valence-electron chi connectivity index (χ0n) is 9.97. The van der Waals surface area contributed by atoms with Gasteiger partial charge in [-0.15, -0.1) is 24.8 Å². The third-order valence-corrected chi connectivity index (χ3v) is 2.60. The van der Waals surface area contributed by atoms with E-state index in [9.17, 15) is 0 Å². The van der Waals surface area contributed by atoms with Crippen LogP contribution in [0.4, 0.5) is 0 Å². The molecule has 0 aliphatic carbocycles. The Bertz CT molecular complexity index is 154. The van der Waals surface area contributed by atoms with Gasteiger partial charge in [-0.2, -0.15) is 0 Å². The Morgan fingerprint density at radius 3 is 1.88 bits per heavy atom. The number of aliphatic hydroxyl groups is 1. The van der Waals surface area contributed by atoms with Crippen LogP contribution in [0.3, 0.4) is 0 Å². The zero-order chi connectivity index (χ0) is 10.9. The Balaban J connectivity index is 0. The summed E-state index contributed by atoms with van der Waals surface area (Å²) in [5.41, 5.74) is 2.58. The Morgan fingerprint density at radius 2 is 1.59 bits per heavy atom. The zero-order valence-corrected chi connectivity index (χ0v) is 11.6. The lowest BCUT2D eigenvalue weighted by Crippen LogP contribution is -2.31. The average molecular weight is 291 g/mol. The van der Waals surface area contributed by atoms with Gasteiger partial charge in [0.15, 0.2) is 0 Å². The van der Waals surface area contributed by atoms with Gasteiger partial charge >= 0.3 is 0 Å². The summed E-state index contributed by atoms with van der Waals surface area (Å²) >= 11 is 0. The molecule has 0 aromatic heterocycles. The molecule has 106 valence electrons. The first-order valence-electron chi connectivity index (χ1n) is 5.64. The first kappa shape index (κ1) is 19.7. The van der Waals surface area contributed by atoms with E-state index in [2.05, 4.69) is 5.43 Å². The minimum absolute atomic E-state index is 0. The van der Waals surface area contributed by atoms with Crippen LogP contribution in [0.15, 0.2) is 0 Å². The molecule has 0 radical (unpaired) electrons. The number of aliphatic hydroxyl groups excluding tert-OH is 1. The lowest BCUT2D eigenvalue weighted by atomic mass is 10.2. The quantitative estimate of drug-likeness (QED) is 0.525. The van der Waals surface area contributed by atoms with Crippen LogP contribution in [-0.4, -0.2) is 43.7 Å². The van der Waals surface area contributed by atoms with Crippen LogP contribution in [-0.2, 0) is 9.47 Å². The summed E-state index contributed by atoms with van der Waals surface area (Å²) in [6, 6.07) is 0. The standard InChI is InChI=1S/C5H12N2O.C5H10O2.2ClH/c6-7-4-5-2-1-3-8-5;6-4-5-2-1-3-7-5;;/h5,7H,1-4,6H2;5-6H,1-4H2;2*1H/t2*5-;;/m11../s1. The number of nitrogens with two attached hydrogens (primary N) is 1. The molecule has 2 fully saturated rings. The maximum Gasteiger partial charge on any atom is 0.0806 e. The van der Waals surface area contributed by atoms with Crippen LogP contribution in [0.2, 0.25) is 0 Å². The van der Waals surface area contributed by atoms with Gasteiger partial charge in [0.1, 0.15) is 0 Å².